The van der Waals surface area contributed by atoms with Crippen LogP contribution in [0.3, 0.4) is 0 Å². The lowest BCUT2D eigenvalue weighted by molar-refractivity contribution is -0.119. The van der Waals surface area contributed by atoms with E-state index in [1.807, 2.05) is 0 Å². The predicted octanol–water partition coefficient (Wildman–Crippen LogP) is 2.65. The van der Waals surface area contributed by atoms with Gasteiger partial charge in [0.1, 0.15) is 0 Å². The van der Waals surface area contributed by atoms with Crippen molar-refractivity contribution in [1.82, 2.24) is 5.32 Å². The lowest BCUT2D eigenvalue weighted by atomic mass is 9.84. The molecule has 2 heteroatoms. The molecule has 1 saturated carbocycles. The van der Waals surface area contributed by atoms with Gasteiger partial charge in [0.2, 0.25) is 5.91 Å². The van der Waals surface area contributed by atoms with Crippen molar-refractivity contribution in [3.8, 4) is 0 Å². The van der Waals surface area contributed by atoms with Crippen molar-refractivity contribution in [2.75, 3.05) is 0 Å². The molecule has 1 aliphatic rings. The minimum Gasteiger partial charge on any atom is -0.347 e. The van der Waals surface area contributed by atoms with Gasteiger partial charge in [-0.3, -0.25) is 4.79 Å². The van der Waals surface area contributed by atoms with Crippen molar-refractivity contribution >= 4 is 5.91 Å². The third-order valence-corrected chi connectivity index (χ3v) is 3.35. The van der Waals surface area contributed by atoms with Crippen LogP contribution in [0.4, 0.5) is 0 Å². The summed E-state index contributed by atoms with van der Waals surface area (Å²) in [5, 5.41) is 3.15. The van der Waals surface area contributed by atoms with Crippen molar-refractivity contribution in [3.63, 3.8) is 0 Å². The van der Waals surface area contributed by atoms with E-state index in [1.165, 1.54) is 12.8 Å². The molecule has 1 N–H and O–H groups in total. The number of rotatable bonds is 3. The van der Waals surface area contributed by atoms with E-state index in [9.17, 15) is 4.79 Å². The Hall–Kier alpha value is -0.790. The molecular weight excluding hydrogens is 174 g/mol. The topological polar surface area (TPSA) is 29.1 Å². The molecule has 0 radical (unpaired) electrons. The maximum Gasteiger partial charge on any atom is 0.246 e. The summed E-state index contributed by atoms with van der Waals surface area (Å²) in [6.07, 6.45) is 4.69. The average Bonchev–Trinajstić information content (AvgIpc) is 2.53. The molecule has 1 fully saturated rings. The molecule has 80 valence electrons. The third kappa shape index (κ3) is 2.17. The van der Waals surface area contributed by atoms with Gasteiger partial charge in [-0.25, -0.2) is 0 Å². The highest BCUT2D eigenvalue weighted by Crippen LogP contribution is 2.35. The van der Waals surface area contributed by atoms with E-state index in [2.05, 4.69) is 25.7 Å². The number of hydrogen-bond donors (Lipinski definition) is 1. The van der Waals surface area contributed by atoms with Crippen molar-refractivity contribution in [2.45, 2.75) is 52.0 Å². The van der Waals surface area contributed by atoms with Crippen LogP contribution in [0.5, 0.6) is 0 Å². The smallest absolute Gasteiger partial charge is 0.246 e. The predicted molar refractivity (Wildman–Crippen MR) is 59.0 cm³/mol. The first-order valence-corrected chi connectivity index (χ1v) is 5.46. The monoisotopic (exact) mass is 195 g/mol. The second-order valence-electron chi connectivity index (χ2n) is 4.75. The van der Waals surface area contributed by atoms with E-state index in [1.54, 1.807) is 6.92 Å². The largest absolute Gasteiger partial charge is 0.347 e. The first kappa shape index (κ1) is 11.3. The summed E-state index contributed by atoms with van der Waals surface area (Å²) in [5.74, 6) is 0.522. The van der Waals surface area contributed by atoms with Crippen LogP contribution in [0.2, 0.25) is 0 Å². The van der Waals surface area contributed by atoms with Crippen LogP contribution in [-0.2, 0) is 4.79 Å². The first-order chi connectivity index (χ1) is 6.48. The molecule has 0 unspecified atom stereocenters. The molecule has 14 heavy (non-hydrogen) atoms. The van der Waals surface area contributed by atoms with Crippen molar-refractivity contribution in [3.05, 3.63) is 12.2 Å². The van der Waals surface area contributed by atoms with Crippen molar-refractivity contribution in [1.29, 1.82) is 0 Å². The van der Waals surface area contributed by atoms with E-state index in [-0.39, 0.29) is 11.4 Å². The zero-order valence-corrected chi connectivity index (χ0v) is 9.52. The van der Waals surface area contributed by atoms with Crippen LogP contribution in [0.15, 0.2) is 12.2 Å². The normalized spacial score (nSPS) is 19.7. The fourth-order valence-electron chi connectivity index (χ4n) is 2.19. The van der Waals surface area contributed by atoms with Gasteiger partial charge in [-0.05, 0) is 25.7 Å². The molecule has 0 aromatic rings. The molecule has 1 rings (SSSR count). The molecular formula is C12H21NO. The van der Waals surface area contributed by atoms with Gasteiger partial charge in [0.15, 0.2) is 0 Å². The number of nitrogens with one attached hydrogen (secondary N) is 1. The highest BCUT2D eigenvalue weighted by molar-refractivity contribution is 5.92. The summed E-state index contributed by atoms with van der Waals surface area (Å²) in [4.78, 5) is 11.6. The molecule has 0 aromatic heterocycles. The zero-order chi connectivity index (χ0) is 10.8. The Morgan fingerprint density at radius 2 is 1.86 bits per heavy atom. The van der Waals surface area contributed by atoms with Gasteiger partial charge in [-0.2, -0.15) is 0 Å². The average molecular weight is 195 g/mol. The maximum absolute atomic E-state index is 11.6. The van der Waals surface area contributed by atoms with Crippen LogP contribution in [0.25, 0.3) is 0 Å². The second kappa shape index (κ2) is 4.16. The summed E-state index contributed by atoms with van der Waals surface area (Å²) in [6, 6.07) is 0. The van der Waals surface area contributed by atoms with Crippen molar-refractivity contribution < 1.29 is 4.79 Å². The number of hydrogen-bond acceptors (Lipinski definition) is 1. The third-order valence-electron chi connectivity index (χ3n) is 3.35. The van der Waals surface area contributed by atoms with E-state index in [4.69, 9.17) is 0 Å². The second-order valence-corrected chi connectivity index (χ2v) is 4.75. The molecule has 0 atom stereocenters. The molecule has 1 aliphatic carbocycles. The van der Waals surface area contributed by atoms with Gasteiger partial charge in [0.05, 0.1) is 0 Å². The standard InChI is InChI=1S/C12H21NO/c1-9(2)11(14)13-12(10(3)4)7-5-6-8-12/h10H,1,5-8H2,2-4H3,(H,13,14). The van der Waals surface area contributed by atoms with Crippen LogP contribution >= 0.6 is 0 Å². The molecule has 0 aromatic carbocycles. The minimum absolute atomic E-state index is 0.0144. The van der Waals surface area contributed by atoms with Crippen LogP contribution in [-0.4, -0.2) is 11.4 Å². The van der Waals surface area contributed by atoms with Crippen LogP contribution in [0.1, 0.15) is 46.5 Å². The first-order valence-electron chi connectivity index (χ1n) is 5.46. The fourth-order valence-corrected chi connectivity index (χ4v) is 2.19. The summed E-state index contributed by atoms with van der Waals surface area (Å²) < 4.78 is 0. The minimum atomic E-state index is 0.0144. The Kier molecular flexibility index (Phi) is 3.35. The fraction of sp³-hybridized carbons (Fsp3) is 0.750. The van der Waals surface area contributed by atoms with Gasteiger partial charge >= 0.3 is 0 Å². The molecule has 0 bridgehead atoms. The van der Waals surface area contributed by atoms with Crippen molar-refractivity contribution in [2.24, 2.45) is 5.92 Å². The molecule has 0 aliphatic heterocycles. The number of carbonyl (C=O) groups excluding carboxylic acids is 1. The van der Waals surface area contributed by atoms with Gasteiger partial charge in [-0.15, -0.1) is 0 Å². The zero-order valence-electron chi connectivity index (χ0n) is 9.52. The van der Waals surface area contributed by atoms with Gasteiger partial charge in [0.25, 0.3) is 0 Å². The Labute approximate surface area is 86.8 Å². The van der Waals surface area contributed by atoms with Crippen LogP contribution in [0, 0.1) is 5.92 Å². The lowest BCUT2D eigenvalue weighted by Gasteiger charge is -2.34. The Morgan fingerprint density at radius 3 is 2.21 bits per heavy atom. The Morgan fingerprint density at radius 1 is 1.36 bits per heavy atom. The van der Waals surface area contributed by atoms with Gasteiger partial charge in [-0.1, -0.05) is 33.3 Å². The molecule has 1 amide bonds. The highest BCUT2D eigenvalue weighted by Gasteiger charge is 2.37. The SMILES string of the molecule is C=C(C)C(=O)NC1(C(C)C)CCCC1. The van der Waals surface area contributed by atoms with Crippen LogP contribution < -0.4 is 5.32 Å². The Balaban J connectivity index is 2.70. The number of carbonyl (C=O) groups is 1. The van der Waals surface area contributed by atoms with E-state index in [0.29, 0.717) is 11.5 Å². The summed E-state index contributed by atoms with van der Waals surface area (Å²) in [7, 11) is 0. The molecule has 0 heterocycles. The summed E-state index contributed by atoms with van der Waals surface area (Å²) >= 11 is 0. The molecule has 2 nitrogen and oxygen atoms in total. The van der Waals surface area contributed by atoms with E-state index < -0.39 is 0 Å². The van der Waals surface area contributed by atoms with E-state index in [0.717, 1.165) is 12.8 Å². The maximum atomic E-state index is 11.6. The summed E-state index contributed by atoms with van der Waals surface area (Å²) in [5.41, 5.74) is 0.646. The quantitative estimate of drug-likeness (QED) is 0.689. The number of amides is 1. The Bertz CT molecular complexity index is 237. The molecule has 0 spiro atoms. The highest BCUT2D eigenvalue weighted by atomic mass is 16.1. The molecule has 0 saturated heterocycles. The summed E-state index contributed by atoms with van der Waals surface area (Å²) in [6.45, 7) is 9.81. The van der Waals surface area contributed by atoms with E-state index >= 15 is 0 Å². The lowest BCUT2D eigenvalue weighted by Crippen LogP contribution is -2.50. The van der Waals surface area contributed by atoms with Gasteiger partial charge in [0, 0.05) is 11.1 Å². The van der Waals surface area contributed by atoms with Gasteiger partial charge < -0.3 is 5.32 Å².